The quantitative estimate of drug-likeness (QED) is 0.500. The number of carbonyl (C=O) groups excluding carboxylic acids is 1. The molecule has 0 bridgehead atoms. The first kappa shape index (κ1) is 11.2. The largest absolute Gasteiger partial charge is 0.468 e. The molecule has 1 aliphatic heterocycles. The Morgan fingerprint density at radius 1 is 1.79 bits per heavy atom. The van der Waals surface area contributed by atoms with Crippen molar-refractivity contribution in [2.75, 3.05) is 6.61 Å². The third kappa shape index (κ3) is 2.58. The lowest BCUT2D eigenvalue weighted by Crippen LogP contribution is -2.27. The molecular formula is C11H18O3. The van der Waals surface area contributed by atoms with Crippen LogP contribution < -0.4 is 0 Å². The third-order valence-corrected chi connectivity index (χ3v) is 2.84. The Morgan fingerprint density at radius 2 is 2.50 bits per heavy atom. The van der Waals surface area contributed by atoms with E-state index < -0.39 is 0 Å². The monoisotopic (exact) mass is 198 g/mol. The van der Waals surface area contributed by atoms with Crippen molar-refractivity contribution in [1.29, 1.82) is 0 Å². The van der Waals surface area contributed by atoms with Gasteiger partial charge in [0.05, 0.1) is 18.3 Å². The Morgan fingerprint density at radius 3 is 3.00 bits per heavy atom. The Labute approximate surface area is 85.1 Å². The van der Waals surface area contributed by atoms with Gasteiger partial charge in [0.2, 0.25) is 0 Å². The molecule has 0 aromatic heterocycles. The molecule has 0 spiro atoms. The Bertz CT molecular complexity index is 215. The number of ether oxygens (including phenoxy) is 2. The SMILES string of the molecule is C=CC1(C)CCC(C(C)COC=O)O1. The second-order valence-corrected chi connectivity index (χ2v) is 4.12. The highest BCUT2D eigenvalue weighted by atomic mass is 16.5. The summed E-state index contributed by atoms with van der Waals surface area (Å²) in [5, 5.41) is 0. The van der Waals surface area contributed by atoms with Crippen LogP contribution in [0.3, 0.4) is 0 Å². The van der Waals surface area contributed by atoms with E-state index in [0.29, 0.717) is 13.1 Å². The van der Waals surface area contributed by atoms with Crippen LogP contribution >= 0.6 is 0 Å². The van der Waals surface area contributed by atoms with Crippen LogP contribution in [0.25, 0.3) is 0 Å². The van der Waals surface area contributed by atoms with E-state index in [1.807, 2.05) is 19.9 Å². The first-order valence-electron chi connectivity index (χ1n) is 4.98. The Balaban J connectivity index is 2.40. The van der Waals surface area contributed by atoms with Gasteiger partial charge in [-0.05, 0) is 19.8 Å². The molecule has 0 N–H and O–H groups in total. The minimum absolute atomic E-state index is 0.179. The third-order valence-electron chi connectivity index (χ3n) is 2.84. The second kappa shape index (κ2) is 4.60. The lowest BCUT2D eigenvalue weighted by molar-refractivity contribution is -0.131. The molecule has 14 heavy (non-hydrogen) atoms. The summed E-state index contributed by atoms with van der Waals surface area (Å²) in [7, 11) is 0. The van der Waals surface area contributed by atoms with E-state index in [-0.39, 0.29) is 17.6 Å². The fourth-order valence-electron chi connectivity index (χ4n) is 1.74. The fourth-order valence-corrected chi connectivity index (χ4v) is 1.74. The number of hydrogen-bond donors (Lipinski definition) is 0. The Kier molecular flexibility index (Phi) is 3.69. The van der Waals surface area contributed by atoms with Gasteiger partial charge >= 0.3 is 0 Å². The van der Waals surface area contributed by atoms with E-state index in [1.165, 1.54) is 0 Å². The summed E-state index contributed by atoms with van der Waals surface area (Å²) in [6.07, 6.45) is 4.02. The average molecular weight is 198 g/mol. The zero-order valence-electron chi connectivity index (χ0n) is 8.86. The highest BCUT2D eigenvalue weighted by molar-refractivity contribution is 5.36. The first-order chi connectivity index (χ1) is 6.61. The van der Waals surface area contributed by atoms with E-state index in [1.54, 1.807) is 0 Å². The predicted molar refractivity (Wildman–Crippen MR) is 53.9 cm³/mol. The summed E-state index contributed by atoms with van der Waals surface area (Å²) < 4.78 is 10.6. The number of hydrogen-bond acceptors (Lipinski definition) is 3. The molecule has 1 rings (SSSR count). The molecule has 0 radical (unpaired) electrons. The molecule has 3 atom stereocenters. The van der Waals surface area contributed by atoms with Gasteiger partial charge in [-0.25, -0.2) is 0 Å². The van der Waals surface area contributed by atoms with Gasteiger partial charge in [-0.15, -0.1) is 6.58 Å². The molecule has 0 saturated carbocycles. The van der Waals surface area contributed by atoms with Crippen LogP contribution in [0, 0.1) is 5.92 Å². The van der Waals surface area contributed by atoms with Gasteiger partial charge in [0.15, 0.2) is 0 Å². The lowest BCUT2D eigenvalue weighted by atomic mass is 9.99. The van der Waals surface area contributed by atoms with E-state index in [2.05, 4.69) is 6.58 Å². The molecule has 1 aliphatic rings. The van der Waals surface area contributed by atoms with Crippen LogP contribution in [0.1, 0.15) is 26.7 Å². The van der Waals surface area contributed by atoms with Crippen LogP contribution in [-0.2, 0) is 14.3 Å². The van der Waals surface area contributed by atoms with Crippen molar-refractivity contribution in [1.82, 2.24) is 0 Å². The zero-order chi connectivity index (χ0) is 10.6. The maximum absolute atomic E-state index is 10.0. The summed E-state index contributed by atoms with van der Waals surface area (Å²) in [6, 6.07) is 0. The summed E-state index contributed by atoms with van der Waals surface area (Å²) >= 11 is 0. The molecule has 0 amide bonds. The molecular weight excluding hydrogens is 180 g/mol. The molecule has 1 saturated heterocycles. The summed E-state index contributed by atoms with van der Waals surface area (Å²) in [5.74, 6) is 0.252. The van der Waals surface area contributed by atoms with Crippen molar-refractivity contribution in [3.63, 3.8) is 0 Å². The van der Waals surface area contributed by atoms with Crippen molar-refractivity contribution in [2.45, 2.75) is 38.4 Å². The molecule has 3 heteroatoms. The van der Waals surface area contributed by atoms with Crippen molar-refractivity contribution in [3.8, 4) is 0 Å². The fraction of sp³-hybridized carbons (Fsp3) is 0.727. The smallest absolute Gasteiger partial charge is 0.293 e. The predicted octanol–water partition coefficient (Wildman–Crippen LogP) is 1.92. The lowest BCUT2D eigenvalue weighted by Gasteiger charge is -2.23. The van der Waals surface area contributed by atoms with E-state index >= 15 is 0 Å². The van der Waals surface area contributed by atoms with E-state index in [9.17, 15) is 4.79 Å². The van der Waals surface area contributed by atoms with Crippen molar-refractivity contribution >= 4 is 6.47 Å². The molecule has 3 nitrogen and oxygen atoms in total. The number of rotatable bonds is 5. The second-order valence-electron chi connectivity index (χ2n) is 4.12. The summed E-state index contributed by atoms with van der Waals surface area (Å²) in [6.45, 7) is 8.74. The Hall–Kier alpha value is -0.830. The highest BCUT2D eigenvalue weighted by Crippen LogP contribution is 2.34. The van der Waals surface area contributed by atoms with Crippen LogP contribution in [0.4, 0.5) is 0 Å². The minimum Gasteiger partial charge on any atom is -0.468 e. The normalized spacial score (nSPS) is 33.7. The van der Waals surface area contributed by atoms with Crippen molar-refractivity contribution in [3.05, 3.63) is 12.7 Å². The van der Waals surface area contributed by atoms with Crippen LogP contribution in [-0.4, -0.2) is 24.8 Å². The molecule has 80 valence electrons. The summed E-state index contributed by atoms with van der Waals surface area (Å²) in [5.41, 5.74) is -0.194. The summed E-state index contributed by atoms with van der Waals surface area (Å²) in [4.78, 5) is 10.0. The van der Waals surface area contributed by atoms with Gasteiger partial charge in [0.1, 0.15) is 0 Å². The minimum atomic E-state index is -0.194. The van der Waals surface area contributed by atoms with Crippen LogP contribution in [0.5, 0.6) is 0 Å². The standard InChI is InChI=1S/C11H18O3/c1-4-11(3)6-5-10(14-11)9(2)7-13-8-12/h4,8-10H,1,5-7H2,2-3H3. The van der Waals surface area contributed by atoms with Gasteiger partial charge in [0, 0.05) is 5.92 Å². The zero-order valence-corrected chi connectivity index (χ0v) is 8.86. The number of carbonyl (C=O) groups is 1. The van der Waals surface area contributed by atoms with E-state index in [0.717, 1.165) is 12.8 Å². The highest BCUT2D eigenvalue weighted by Gasteiger charge is 2.36. The van der Waals surface area contributed by atoms with Gasteiger partial charge in [0.25, 0.3) is 6.47 Å². The van der Waals surface area contributed by atoms with Gasteiger partial charge in [-0.1, -0.05) is 13.0 Å². The van der Waals surface area contributed by atoms with Gasteiger partial charge < -0.3 is 9.47 Å². The molecule has 3 unspecified atom stereocenters. The van der Waals surface area contributed by atoms with Crippen LogP contribution in [0.15, 0.2) is 12.7 Å². The first-order valence-corrected chi connectivity index (χ1v) is 4.98. The van der Waals surface area contributed by atoms with Gasteiger partial charge in [-0.3, -0.25) is 4.79 Å². The van der Waals surface area contributed by atoms with Crippen molar-refractivity contribution in [2.24, 2.45) is 5.92 Å². The molecule has 0 aliphatic carbocycles. The maximum atomic E-state index is 10.0. The maximum Gasteiger partial charge on any atom is 0.293 e. The molecule has 1 fully saturated rings. The topological polar surface area (TPSA) is 35.5 Å². The van der Waals surface area contributed by atoms with Gasteiger partial charge in [-0.2, -0.15) is 0 Å². The molecule has 0 aromatic carbocycles. The average Bonchev–Trinajstić information content (AvgIpc) is 2.58. The van der Waals surface area contributed by atoms with E-state index in [4.69, 9.17) is 9.47 Å². The van der Waals surface area contributed by atoms with Crippen LogP contribution in [0.2, 0.25) is 0 Å². The molecule has 0 aromatic rings. The van der Waals surface area contributed by atoms with Crippen molar-refractivity contribution < 1.29 is 14.3 Å². The molecule has 1 heterocycles.